The topological polar surface area (TPSA) is 98.3 Å². The second-order valence-corrected chi connectivity index (χ2v) is 4.25. The maximum Gasteiger partial charge on any atom is 0.361 e. The Labute approximate surface area is 97.2 Å². The molecule has 1 heterocycles. The van der Waals surface area contributed by atoms with Gasteiger partial charge in [0.1, 0.15) is 5.69 Å². The molecule has 92 valence electrons. The van der Waals surface area contributed by atoms with Gasteiger partial charge in [0.05, 0.1) is 4.92 Å². The number of aromatic carboxylic acids is 1. The van der Waals surface area contributed by atoms with Gasteiger partial charge in [-0.3, -0.25) is 14.8 Å². The van der Waals surface area contributed by atoms with Crippen LogP contribution in [0.5, 0.6) is 0 Å². The van der Waals surface area contributed by atoms with Crippen LogP contribution in [0.15, 0.2) is 0 Å². The van der Waals surface area contributed by atoms with Crippen molar-refractivity contribution in [3.05, 3.63) is 21.5 Å². The smallest absolute Gasteiger partial charge is 0.361 e. The molecule has 1 aromatic rings. The van der Waals surface area contributed by atoms with Gasteiger partial charge in [0.2, 0.25) is 5.69 Å². The Hall–Kier alpha value is -1.92. The van der Waals surface area contributed by atoms with E-state index in [4.69, 9.17) is 5.11 Å². The molecule has 1 aromatic heterocycles. The number of rotatable bonds is 3. The van der Waals surface area contributed by atoms with E-state index in [1.165, 1.54) is 7.05 Å². The van der Waals surface area contributed by atoms with Crippen LogP contribution in [-0.4, -0.2) is 25.8 Å². The van der Waals surface area contributed by atoms with Crippen LogP contribution in [0.25, 0.3) is 0 Å². The molecule has 0 atom stereocenters. The molecule has 1 fully saturated rings. The molecule has 2 rings (SSSR count). The predicted molar refractivity (Wildman–Crippen MR) is 58.0 cm³/mol. The van der Waals surface area contributed by atoms with Crippen molar-refractivity contribution < 1.29 is 14.8 Å². The van der Waals surface area contributed by atoms with Gasteiger partial charge in [-0.05, 0) is 12.8 Å². The van der Waals surface area contributed by atoms with Gasteiger partial charge in [-0.2, -0.15) is 5.10 Å². The molecule has 1 aliphatic rings. The standard InChI is InChI=1S/C10H13N3O4/c1-12-9(10(14)15)8(13(16)17)7(11-12)6-4-2-3-5-6/h6H,2-5H2,1H3,(H,14,15). The summed E-state index contributed by atoms with van der Waals surface area (Å²) in [4.78, 5) is 21.4. The first-order chi connectivity index (χ1) is 8.02. The maximum atomic E-state index is 11.0. The summed E-state index contributed by atoms with van der Waals surface area (Å²) in [5, 5.41) is 24.0. The lowest BCUT2D eigenvalue weighted by Crippen LogP contribution is -2.07. The number of nitro groups is 1. The zero-order chi connectivity index (χ0) is 12.6. The van der Waals surface area contributed by atoms with Crippen LogP contribution in [0.2, 0.25) is 0 Å². The van der Waals surface area contributed by atoms with Crippen molar-refractivity contribution in [3.8, 4) is 0 Å². The maximum absolute atomic E-state index is 11.0. The molecule has 0 unspecified atom stereocenters. The van der Waals surface area contributed by atoms with Gasteiger partial charge in [-0.25, -0.2) is 4.79 Å². The molecule has 0 saturated heterocycles. The zero-order valence-electron chi connectivity index (χ0n) is 9.42. The fraction of sp³-hybridized carbons (Fsp3) is 0.600. The Bertz CT molecular complexity index is 474. The molecule has 0 radical (unpaired) electrons. The minimum absolute atomic E-state index is 0.0229. The summed E-state index contributed by atoms with van der Waals surface area (Å²) in [5.41, 5.74) is -0.351. The number of hydrogen-bond acceptors (Lipinski definition) is 4. The van der Waals surface area contributed by atoms with Crippen molar-refractivity contribution in [2.75, 3.05) is 0 Å². The van der Waals surface area contributed by atoms with Gasteiger partial charge >= 0.3 is 11.7 Å². The minimum Gasteiger partial charge on any atom is -0.476 e. The Kier molecular flexibility index (Phi) is 2.83. The number of aryl methyl sites for hydroxylation is 1. The number of aromatic nitrogens is 2. The van der Waals surface area contributed by atoms with Crippen LogP contribution >= 0.6 is 0 Å². The van der Waals surface area contributed by atoms with Gasteiger partial charge in [0, 0.05) is 13.0 Å². The Balaban J connectivity index is 2.55. The van der Waals surface area contributed by atoms with Gasteiger partial charge < -0.3 is 5.11 Å². The number of carboxylic acids is 1. The predicted octanol–water partition coefficient (Wildman–Crippen LogP) is 1.68. The summed E-state index contributed by atoms with van der Waals surface area (Å²) < 4.78 is 1.09. The molecule has 17 heavy (non-hydrogen) atoms. The van der Waals surface area contributed by atoms with Crippen LogP contribution < -0.4 is 0 Å². The fourth-order valence-electron chi connectivity index (χ4n) is 2.43. The Morgan fingerprint density at radius 1 is 1.53 bits per heavy atom. The first kappa shape index (κ1) is 11.6. The van der Waals surface area contributed by atoms with E-state index in [1.54, 1.807) is 0 Å². The van der Waals surface area contributed by atoms with E-state index < -0.39 is 10.9 Å². The molecular formula is C10H13N3O4. The third kappa shape index (κ3) is 1.88. The SMILES string of the molecule is Cn1nc(C2CCCC2)c([N+](=O)[O-])c1C(=O)O. The van der Waals surface area contributed by atoms with Crippen LogP contribution in [0.1, 0.15) is 47.8 Å². The summed E-state index contributed by atoms with van der Waals surface area (Å²) in [6.07, 6.45) is 3.72. The summed E-state index contributed by atoms with van der Waals surface area (Å²) in [5.74, 6) is -1.29. The highest BCUT2D eigenvalue weighted by Crippen LogP contribution is 2.39. The first-order valence-corrected chi connectivity index (χ1v) is 5.47. The number of nitrogens with zero attached hydrogens (tertiary/aromatic N) is 3. The third-order valence-corrected chi connectivity index (χ3v) is 3.18. The van der Waals surface area contributed by atoms with E-state index in [0.29, 0.717) is 5.69 Å². The quantitative estimate of drug-likeness (QED) is 0.639. The molecule has 1 aliphatic carbocycles. The molecule has 1 saturated carbocycles. The highest BCUT2D eigenvalue weighted by Gasteiger charge is 2.35. The van der Waals surface area contributed by atoms with Gasteiger partial charge in [-0.15, -0.1) is 0 Å². The molecule has 1 N–H and O–H groups in total. The van der Waals surface area contributed by atoms with Crippen molar-refractivity contribution in [1.29, 1.82) is 0 Å². The average molecular weight is 239 g/mol. The van der Waals surface area contributed by atoms with Crippen molar-refractivity contribution in [2.45, 2.75) is 31.6 Å². The summed E-state index contributed by atoms with van der Waals surface area (Å²) in [6, 6.07) is 0. The molecular weight excluding hydrogens is 226 g/mol. The minimum atomic E-state index is -1.31. The van der Waals surface area contributed by atoms with E-state index in [0.717, 1.165) is 30.4 Å². The van der Waals surface area contributed by atoms with E-state index in [9.17, 15) is 14.9 Å². The van der Waals surface area contributed by atoms with Crippen molar-refractivity contribution in [2.24, 2.45) is 7.05 Å². The lowest BCUT2D eigenvalue weighted by Gasteiger charge is -2.03. The molecule has 0 aromatic carbocycles. The van der Waals surface area contributed by atoms with Crippen LogP contribution in [0, 0.1) is 10.1 Å². The van der Waals surface area contributed by atoms with Crippen LogP contribution in [0.4, 0.5) is 5.69 Å². The van der Waals surface area contributed by atoms with E-state index in [-0.39, 0.29) is 17.3 Å². The highest BCUT2D eigenvalue weighted by atomic mass is 16.6. The Morgan fingerprint density at radius 3 is 2.59 bits per heavy atom. The second kappa shape index (κ2) is 4.15. The molecule has 7 heteroatoms. The zero-order valence-corrected chi connectivity index (χ0v) is 9.42. The summed E-state index contributed by atoms with van der Waals surface area (Å²) >= 11 is 0. The molecule has 0 spiro atoms. The lowest BCUT2D eigenvalue weighted by molar-refractivity contribution is -0.386. The number of hydrogen-bond donors (Lipinski definition) is 1. The highest BCUT2D eigenvalue weighted by molar-refractivity contribution is 5.91. The molecule has 7 nitrogen and oxygen atoms in total. The van der Waals surface area contributed by atoms with Crippen LogP contribution in [-0.2, 0) is 7.05 Å². The van der Waals surface area contributed by atoms with Crippen molar-refractivity contribution in [1.82, 2.24) is 9.78 Å². The third-order valence-electron chi connectivity index (χ3n) is 3.18. The van der Waals surface area contributed by atoms with Crippen molar-refractivity contribution >= 4 is 11.7 Å². The monoisotopic (exact) mass is 239 g/mol. The first-order valence-electron chi connectivity index (χ1n) is 5.47. The van der Waals surface area contributed by atoms with Gasteiger partial charge in [0.15, 0.2) is 0 Å². The van der Waals surface area contributed by atoms with Gasteiger partial charge in [0.25, 0.3) is 0 Å². The second-order valence-electron chi connectivity index (χ2n) is 4.25. The summed E-state index contributed by atoms with van der Waals surface area (Å²) in [6.45, 7) is 0. The fourth-order valence-corrected chi connectivity index (χ4v) is 2.43. The molecule has 0 aliphatic heterocycles. The van der Waals surface area contributed by atoms with E-state index in [2.05, 4.69) is 5.10 Å². The Morgan fingerprint density at radius 2 is 2.12 bits per heavy atom. The molecule has 0 bridgehead atoms. The largest absolute Gasteiger partial charge is 0.476 e. The van der Waals surface area contributed by atoms with Crippen molar-refractivity contribution in [3.63, 3.8) is 0 Å². The van der Waals surface area contributed by atoms with E-state index >= 15 is 0 Å². The average Bonchev–Trinajstić information content (AvgIpc) is 2.82. The van der Waals surface area contributed by atoms with E-state index in [1.807, 2.05) is 0 Å². The van der Waals surface area contributed by atoms with Crippen LogP contribution in [0.3, 0.4) is 0 Å². The van der Waals surface area contributed by atoms with Gasteiger partial charge in [-0.1, -0.05) is 12.8 Å². The summed E-state index contributed by atoms with van der Waals surface area (Å²) in [7, 11) is 1.43. The number of carbonyl (C=O) groups is 1. The normalized spacial score (nSPS) is 16.3. The number of carboxylic acid groups (broad SMARTS) is 1. The molecule has 0 amide bonds. The lowest BCUT2D eigenvalue weighted by atomic mass is 10.0.